The molecule has 1 fully saturated rings. The van der Waals surface area contributed by atoms with Gasteiger partial charge >= 0.3 is 0 Å². The lowest BCUT2D eigenvalue weighted by Gasteiger charge is -2.24. The van der Waals surface area contributed by atoms with Gasteiger partial charge in [0.2, 0.25) is 0 Å². The molecule has 1 saturated carbocycles. The summed E-state index contributed by atoms with van der Waals surface area (Å²) in [7, 11) is 2.28. The van der Waals surface area contributed by atoms with Gasteiger partial charge in [0.15, 0.2) is 0 Å². The molecule has 0 unspecified atom stereocenters. The highest BCUT2D eigenvalue weighted by Crippen LogP contribution is 2.21. The molecular weight excluding hydrogens is 196 g/mol. The summed E-state index contributed by atoms with van der Waals surface area (Å²) in [6.45, 7) is 8.16. The van der Waals surface area contributed by atoms with Crippen LogP contribution in [-0.4, -0.2) is 37.6 Å². The third-order valence-corrected chi connectivity index (χ3v) is 3.72. The van der Waals surface area contributed by atoms with Crippen molar-refractivity contribution in [3.8, 4) is 0 Å². The topological polar surface area (TPSA) is 15.3 Å². The lowest BCUT2D eigenvalue weighted by Crippen LogP contribution is -2.35. The van der Waals surface area contributed by atoms with Crippen molar-refractivity contribution in [1.29, 1.82) is 0 Å². The highest BCUT2D eigenvalue weighted by atomic mass is 15.1. The maximum atomic E-state index is 3.55. The largest absolute Gasteiger partial charge is 0.315 e. The second kappa shape index (κ2) is 8.08. The molecule has 0 saturated heterocycles. The molecule has 0 spiro atoms. The molecule has 1 N–H and O–H groups in total. The van der Waals surface area contributed by atoms with E-state index < -0.39 is 0 Å². The summed E-state index contributed by atoms with van der Waals surface area (Å²) >= 11 is 0. The molecule has 1 aliphatic rings. The van der Waals surface area contributed by atoms with E-state index in [1.165, 1.54) is 51.6 Å². The third-order valence-electron chi connectivity index (χ3n) is 3.72. The maximum Gasteiger partial charge on any atom is 0.0107 e. The highest BCUT2D eigenvalue weighted by molar-refractivity contribution is 4.75. The Hall–Kier alpha value is -0.0800. The van der Waals surface area contributed by atoms with Crippen LogP contribution in [0.5, 0.6) is 0 Å². The van der Waals surface area contributed by atoms with E-state index in [0.717, 1.165) is 18.5 Å². The van der Waals surface area contributed by atoms with Crippen molar-refractivity contribution in [2.45, 2.75) is 58.4 Å². The minimum Gasteiger partial charge on any atom is -0.315 e. The molecule has 0 aliphatic heterocycles. The summed E-state index contributed by atoms with van der Waals surface area (Å²) in [6, 6.07) is 0.873. The van der Waals surface area contributed by atoms with E-state index in [9.17, 15) is 0 Å². The minimum absolute atomic E-state index is 0.850. The van der Waals surface area contributed by atoms with Crippen LogP contribution in [0.15, 0.2) is 0 Å². The van der Waals surface area contributed by atoms with Gasteiger partial charge in [-0.1, -0.05) is 26.7 Å². The molecular formula is C14H30N2. The van der Waals surface area contributed by atoms with Crippen LogP contribution in [0, 0.1) is 5.92 Å². The van der Waals surface area contributed by atoms with Crippen LogP contribution >= 0.6 is 0 Å². The fourth-order valence-electron chi connectivity index (χ4n) is 2.54. The summed E-state index contributed by atoms with van der Waals surface area (Å²) < 4.78 is 0. The molecule has 0 aromatic carbocycles. The van der Waals surface area contributed by atoms with Gasteiger partial charge in [-0.25, -0.2) is 0 Å². The zero-order valence-corrected chi connectivity index (χ0v) is 11.5. The Balaban J connectivity index is 1.90. The van der Waals surface area contributed by atoms with Crippen LogP contribution in [0.25, 0.3) is 0 Å². The van der Waals surface area contributed by atoms with Crippen molar-refractivity contribution in [2.75, 3.05) is 26.7 Å². The molecule has 1 rings (SSSR count). The zero-order chi connectivity index (χ0) is 11.8. The van der Waals surface area contributed by atoms with E-state index in [4.69, 9.17) is 0 Å². The second-order valence-electron chi connectivity index (χ2n) is 5.70. The molecule has 0 atom stereocenters. The number of hydrogen-bond donors (Lipinski definition) is 1. The zero-order valence-electron chi connectivity index (χ0n) is 11.5. The first kappa shape index (κ1) is 14.0. The summed E-state index contributed by atoms with van der Waals surface area (Å²) in [5.41, 5.74) is 0. The molecule has 16 heavy (non-hydrogen) atoms. The summed E-state index contributed by atoms with van der Waals surface area (Å²) in [5, 5.41) is 3.55. The number of nitrogens with one attached hydrogen (secondary N) is 1. The molecule has 0 amide bonds. The predicted octanol–water partition coefficient (Wildman–Crippen LogP) is 2.89. The first-order chi connectivity index (χ1) is 7.70. The summed E-state index contributed by atoms with van der Waals surface area (Å²) in [6.07, 6.45) is 8.40. The average molecular weight is 226 g/mol. The van der Waals surface area contributed by atoms with E-state index >= 15 is 0 Å². The number of rotatable bonds is 8. The van der Waals surface area contributed by atoms with Crippen LogP contribution in [0.4, 0.5) is 0 Å². The monoisotopic (exact) mass is 226 g/mol. The van der Waals surface area contributed by atoms with Gasteiger partial charge in [-0.2, -0.15) is 0 Å². The quantitative estimate of drug-likeness (QED) is 0.640. The van der Waals surface area contributed by atoms with Gasteiger partial charge in [0, 0.05) is 19.1 Å². The van der Waals surface area contributed by atoms with Crippen LogP contribution in [0.2, 0.25) is 0 Å². The van der Waals surface area contributed by atoms with Crippen molar-refractivity contribution >= 4 is 0 Å². The molecule has 2 heteroatoms. The molecule has 0 aromatic heterocycles. The van der Waals surface area contributed by atoms with Gasteiger partial charge < -0.3 is 10.2 Å². The van der Waals surface area contributed by atoms with Gasteiger partial charge in [-0.05, 0) is 45.2 Å². The van der Waals surface area contributed by atoms with E-state index in [1.54, 1.807) is 0 Å². The van der Waals surface area contributed by atoms with E-state index in [2.05, 4.69) is 31.1 Å². The molecule has 0 heterocycles. The first-order valence-corrected chi connectivity index (χ1v) is 7.11. The van der Waals surface area contributed by atoms with Crippen LogP contribution < -0.4 is 5.32 Å². The Kier molecular flexibility index (Phi) is 7.06. The number of likely N-dealkylation sites (N-methyl/N-ethyl adjacent to an activating group) is 1. The van der Waals surface area contributed by atoms with Crippen LogP contribution in [0.1, 0.15) is 52.4 Å². The van der Waals surface area contributed by atoms with Gasteiger partial charge in [-0.15, -0.1) is 0 Å². The van der Waals surface area contributed by atoms with Crippen molar-refractivity contribution in [3.63, 3.8) is 0 Å². The lowest BCUT2D eigenvalue weighted by molar-refractivity contribution is 0.245. The lowest BCUT2D eigenvalue weighted by atomic mass is 10.1. The average Bonchev–Trinajstić information content (AvgIpc) is 2.75. The van der Waals surface area contributed by atoms with Gasteiger partial charge in [0.25, 0.3) is 0 Å². The Morgan fingerprint density at radius 1 is 1.19 bits per heavy atom. The van der Waals surface area contributed by atoms with Crippen LogP contribution in [0.3, 0.4) is 0 Å². The van der Waals surface area contributed by atoms with Gasteiger partial charge in [-0.3, -0.25) is 0 Å². The Morgan fingerprint density at radius 3 is 2.50 bits per heavy atom. The molecule has 96 valence electrons. The fraction of sp³-hybridized carbons (Fsp3) is 1.00. The maximum absolute atomic E-state index is 3.55. The van der Waals surface area contributed by atoms with Gasteiger partial charge in [0.05, 0.1) is 0 Å². The van der Waals surface area contributed by atoms with Crippen molar-refractivity contribution in [3.05, 3.63) is 0 Å². The van der Waals surface area contributed by atoms with Crippen molar-refractivity contribution < 1.29 is 0 Å². The molecule has 2 nitrogen and oxygen atoms in total. The van der Waals surface area contributed by atoms with Gasteiger partial charge in [0.1, 0.15) is 0 Å². The minimum atomic E-state index is 0.850. The van der Waals surface area contributed by atoms with Crippen LogP contribution in [-0.2, 0) is 0 Å². The Bertz CT molecular complexity index is 162. The van der Waals surface area contributed by atoms with Crippen molar-refractivity contribution in [2.24, 2.45) is 5.92 Å². The van der Waals surface area contributed by atoms with E-state index in [0.29, 0.717) is 0 Å². The van der Waals surface area contributed by atoms with E-state index in [1.807, 2.05) is 0 Å². The second-order valence-corrected chi connectivity index (χ2v) is 5.70. The normalized spacial score (nSPS) is 17.8. The smallest absolute Gasteiger partial charge is 0.0107 e. The molecule has 0 aromatic rings. The third kappa shape index (κ3) is 5.86. The molecule has 1 aliphatic carbocycles. The predicted molar refractivity (Wildman–Crippen MR) is 71.8 cm³/mol. The Morgan fingerprint density at radius 2 is 1.88 bits per heavy atom. The first-order valence-electron chi connectivity index (χ1n) is 7.11. The van der Waals surface area contributed by atoms with E-state index in [-0.39, 0.29) is 0 Å². The Labute approximate surface area is 102 Å². The number of nitrogens with zero attached hydrogens (tertiary/aromatic N) is 1. The van der Waals surface area contributed by atoms with Crippen molar-refractivity contribution in [1.82, 2.24) is 10.2 Å². The SMILES string of the molecule is CC(C)CCCNCCN(C)C1CCCC1. The molecule has 0 bridgehead atoms. The highest BCUT2D eigenvalue weighted by Gasteiger charge is 2.18. The number of hydrogen-bond acceptors (Lipinski definition) is 2. The standard InChI is InChI=1S/C14H30N2/c1-13(2)7-6-10-15-11-12-16(3)14-8-4-5-9-14/h13-15H,4-12H2,1-3H3. The summed E-state index contributed by atoms with van der Waals surface area (Å²) in [5.74, 6) is 0.850. The fourth-order valence-corrected chi connectivity index (χ4v) is 2.54. The summed E-state index contributed by atoms with van der Waals surface area (Å²) in [4.78, 5) is 2.54. The molecule has 0 radical (unpaired) electrons.